The lowest BCUT2D eigenvalue weighted by molar-refractivity contribution is 0.479. The van der Waals surface area contributed by atoms with Crippen LogP contribution in [-0.2, 0) is 0 Å². The van der Waals surface area contributed by atoms with Crippen LogP contribution in [-0.4, -0.2) is 0 Å². The molecule has 5 heteroatoms. The molecule has 2 aromatic carbocycles. The van der Waals surface area contributed by atoms with E-state index in [-0.39, 0.29) is 5.82 Å². The lowest BCUT2D eigenvalue weighted by Crippen LogP contribution is -1.94. The largest absolute Gasteiger partial charge is 0.455 e. The molecule has 0 aromatic heterocycles. The summed E-state index contributed by atoms with van der Waals surface area (Å²) in [4.78, 5) is 0. The maximum Gasteiger partial charge on any atom is 0.151 e. The minimum Gasteiger partial charge on any atom is -0.455 e. The molecule has 2 N–H and O–H groups in total. The normalized spacial score (nSPS) is 10.4. The van der Waals surface area contributed by atoms with E-state index in [1.165, 1.54) is 30.3 Å². The first-order valence-electron chi connectivity index (χ1n) is 5.16. The molecule has 94 valence electrons. The van der Waals surface area contributed by atoms with E-state index in [0.29, 0.717) is 32.8 Å². The minimum atomic E-state index is -0.318. The SMILES string of the molecule is Cc1cc(F)ccc1Oc1cc(Cl)c(Cl)cc1N. The van der Waals surface area contributed by atoms with Gasteiger partial charge in [0.05, 0.1) is 15.7 Å². The second kappa shape index (κ2) is 5.04. The lowest BCUT2D eigenvalue weighted by Gasteiger charge is -2.11. The third-order valence-corrected chi connectivity index (χ3v) is 3.13. The van der Waals surface area contributed by atoms with E-state index < -0.39 is 0 Å². The van der Waals surface area contributed by atoms with Gasteiger partial charge in [0.25, 0.3) is 0 Å². The number of hydrogen-bond acceptors (Lipinski definition) is 2. The topological polar surface area (TPSA) is 35.2 Å². The molecule has 0 amide bonds. The Balaban J connectivity index is 2.37. The van der Waals surface area contributed by atoms with Gasteiger partial charge in [0.2, 0.25) is 0 Å². The maximum absolute atomic E-state index is 13.0. The molecule has 0 aliphatic rings. The highest BCUT2D eigenvalue weighted by Crippen LogP contribution is 2.35. The Labute approximate surface area is 114 Å². The number of anilines is 1. The summed E-state index contributed by atoms with van der Waals surface area (Å²) < 4.78 is 18.6. The molecule has 0 spiro atoms. The van der Waals surface area contributed by atoms with Crippen molar-refractivity contribution >= 4 is 28.9 Å². The molecule has 0 radical (unpaired) electrons. The fourth-order valence-corrected chi connectivity index (χ4v) is 1.80. The van der Waals surface area contributed by atoms with Crippen LogP contribution in [0.1, 0.15) is 5.56 Å². The first-order valence-corrected chi connectivity index (χ1v) is 5.91. The Morgan fingerprint density at radius 2 is 1.72 bits per heavy atom. The van der Waals surface area contributed by atoms with Gasteiger partial charge in [-0.3, -0.25) is 0 Å². The average molecular weight is 286 g/mol. The number of aryl methyl sites for hydroxylation is 1. The van der Waals surface area contributed by atoms with Crippen LogP contribution in [0.25, 0.3) is 0 Å². The molecule has 0 aliphatic carbocycles. The molecular formula is C13H10Cl2FNO. The summed E-state index contributed by atoms with van der Waals surface area (Å²) in [5.41, 5.74) is 6.81. The number of rotatable bonds is 2. The first-order chi connectivity index (χ1) is 8.47. The van der Waals surface area contributed by atoms with E-state index in [4.69, 9.17) is 33.7 Å². The molecule has 0 saturated heterocycles. The molecule has 2 rings (SSSR count). The van der Waals surface area contributed by atoms with Crippen molar-refractivity contribution in [1.82, 2.24) is 0 Å². The van der Waals surface area contributed by atoms with Gasteiger partial charge >= 0.3 is 0 Å². The van der Waals surface area contributed by atoms with Crippen LogP contribution in [0.15, 0.2) is 30.3 Å². The molecule has 0 unspecified atom stereocenters. The van der Waals surface area contributed by atoms with Crippen molar-refractivity contribution in [2.75, 3.05) is 5.73 Å². The van der Waals surface area contributed by atoms with Gasteiger partial charge in [-0.2, -0.15) is 0 Å². The summed E-state index contributed by atoms with van der Waals surface area (Å²) in [6.07, 6.45) is 0. The minimum absolute atomic E-state index is 0.318. The number of halogens is 3. The molecular weight excluding hydrogens is 276 g/mol. The van der Waals surface area contributed by atoms with Crippen LogP contribution in [0.3, 0.4) is 0 Å². The van der Waals surface area contributed by atoms with Gasteiger partial charge in [-0.25, -0.2) is 4.39 Å². The molecule has 18 heavy (non-hydrogen) atoms. The van der Waals surface area contributed by atoms with Gasteiger partial charge in [0.15, 0.2) is 5.75 Å². The Kier molecular flexibility index (Phi) is 3.64. The Bertz CT molecular complexity index is 602. The van der Waals surface area contributed by atoms with Gasteiger partial charge in [-0.1, -0.05) is 23.2 Å². The van der Waals surface area contributed by atoms with Gasteiger partial charge in [0, 0.05) is 6.07 Å². The van der Waals surface area contributed by atoms with E-state index in [1.807, 2.05) is 0 Å². The lowest BCUT2D eigenvalue weighted by atomic mass is 10.2. The number of nitrogen functional groups attached to an aromatic ring is 1. The number of ether oxygens (including phenoxy) is 1. The fourth-order valence-electron chi connectivity index (χ4n) is 1.48. The predicted octanol–water partition coefficient (Wildman–Crippen LogP) is 4.82. The monoisotopic (exact) mass is 285 g/mol. The molecule has 2 aromatic rings. The van der Waals surface area contributed by atoms with E-state index >= 15 is 0 Å². The Morgan fingerprint density at radius 1 is 1.06 bits per heavy atom. The number of nitrogens with two attached hydrogens (primary N) is 1. The second-order valence-corrected chi connectivity index (χ2v) is 4.63. The summed E-state index contributed by atoms with van der Waals surface area (Å²) in [5.74, 6) is 0.586. The zero-order chi connectivity index (χ0) is 13.3. The summed E-state index contributed by atoms with van der Waals surface area (Å²) in [6, 6.07) is 7.27. The quantitative estimate of drug-likeness (QED) is 0.803. The molecule has 0 aliphatic heterocycles. The van der Waals surface area contributed by atoms with Crippen molar-refractivity contribution in [3.05, 3.63) is 51.8 Å². The summed E-state index contributed by atoms with van der Waals surface area (Å²) >= 11 is 11.7. The standard InChI is InChI=1S/C13H10Cl2FNO/c1-7-4-8(16)2-3-12(7)18-13-6-10(15)9(14)5-11(13)17/h2-6H,17H2,1H3. The van der Waals surface area contributed by atoms with Gasteiger partial charge in [0.1, 0.15) is 11.6 Å². The molecule has 0 heterocycles. The van der Waals surface area contributed by atoms with Crippen molar-refractivity contribution in [3.8, 4) is 11.5 Å². The van der Waals surface area contributed by atoms with E-state index in [2.05, 4.69) is 0 Å². The van der Waals surface area contributed by atoms with Crippen molar-refractivity contribution in [1.29, 1.82) is 0 Å². The maximum atomic E-state index is 13.0. The van der Waals surface area contributed by atoms with Crippen molar-refractivity contribution < 1.29 is 9.13 Å². The van der Waals surface area contributed by atoms with Crippen LogP contribution >= 0.6 is 23.2 Å². The van der Waals surface area contributed by atoms with Crippen molar-refractivity contribution in [3.63, 3.8) is 0 Å². The summed E-state index contributed by atoms with van der Waals surface area (Å²) in [5, 5.41) is 0.706. The van der Waals surface area contributed by atoms with Gasteiger partial charge in [-0.15, -0.1) is 0 Å². The molecule has 0 saturated carbocycles. The van der Waals surface area contributed by atoms with Gasteiger partial charge < -0.3 is 10.5 Å². The van der Waals surface area contributed by atoms with Crippen LogP contribution in [0, 0.1) is 12.7 Å². The molecule has 0 fully saturated rings. The Morgan fingerprint density at radius 3 is 2.39 bits per heavy atom. The summed E-state index contributed by atoms with van der Waals surface area (Å²) in [7, 11) is 0. The van der Waals surface area contributed by atoms with Crippen LogP contribution in [0.2, 0.25) is 10.0 Å². The van der Waals surface area contributed by atoms with Crippen LogP contribution in [0.5, 0.6) is 11.5 Å². The number of benzene rings is 2. The van der Waals surface area contributed by atoms with Gasteiger partial charge in [-0.05, 0) is 36.8 Å². The highest BCUT2D eigenvalue weighted by atomic mass is 35.5. The zero-order valence-electron chi connectivity index (χ0n) is 9.51. The fraction of sp³-hybridized carbons (Fsp3) is 0.0769. The third-order valence-electron chi connectivity index (χ3n) is 2.41. The smallest absolute Gasteiger partial charge is 0.151 e. The summed E-state index contributed by atoms with van der Waals surface area (Å²) in [6.45, 7) is 1.74. The van der Waals surface area contributed by atoms with Crippen molar-refractivity contribution in [2.45, 2.75) is 6.92 Å². The highest BCUT2D eigenvalue weighted by molar-refractivity contribution is 6.42. The van der Waals surface area contributed by atoms with Crippen LogP contribution in [0.4, 0.5) is 10.1 Å². The van der Waals surface area contributed by atoms with E-state index in [9.17, 15) is 4.39 Å². The highest BCUT2D eigenvalue weighted by Gasteiger charge is 2.09. The predicted molar refractivity (Wildman–Crippen MR) is 72.1 cm³/mol. The van der Waals surface area contributed by atoms with Crippen LogP contribution < -0.4 is 10.5 Å². The molecule has 2 nitrogen and oxygen atoms in total. The average Bonchev–Trinajstić information content (AvgIpc) is 2.29. The third kappa shape index (κ3) is 2.68. The first kappa shape index (κ1) is 13.0. The second-order valence-electron chi connectivity index (χ2n) is 3.82. The van der Waals surface area contributed by atoms with Crippen molar-refractivity contribution in [2.24, 2.45) is 0 Å². The number of hydrogen-bond donors (Lipinski definition) is 1. The zero-order valence-corrected chi connectivity index (χ0v) is 11.0. The Hall–Kier alpha value is -1.45. The molecule has 0 atom stereocenters. The molecule has 0 bridgehead atoms. The van der Waals surface area contributed by atoms with E-state index in [1.54, 1.807) is 6.92 Å². The van der Waals surface area contributed by atoms with E-state index in [0.717, 1.165) is 0 Å².